The van der Waals surface area contributed by atoms with E-state index in [1.807, 2.05) is 6.07 Å². The predicted molar refractivity (Wildman–Crippen MR) is 127 cm³/mol. The topological polar surface area (TPSA) is 93.8 Å². The molecule has 2 saturated heterocycles. The van der Waals surface area contributed by atoms with Gasteiger partial charge in [-0.05, 0) is 68.8 Å². The van der Waals surface area contributed by atoms with E-state index in [0.717, 1.165) is 81.9 Å². The molecule has 178 valence electrons. The molecule has 2 aliphatic heterocycles. The van der Waals surface area contributed by atoms with Gasteiger partial charge >= 0.3 is 0 Å². The first-order valence-electron chi connectivity index (χ1n) is 11.8. The van der Waals surface area contributed by atoms with Crippen LogP contribution in [0.3, 0.4) is 0 Å². The number of hydrogen-bond donors (Lipinski definition) is 1. The number of carbonyl (C=O) groups is 1. The van der Waals surface area contributed by atoms with Gasteiger partial charge in [0.05, 0.1) is 14.2 Å². The van der Waals surface area contributed by atoms with Gasteiger partial charge in [0, 0.05) is 49.6 Å². The Morgan fingerprint density at radius 3 is 2.12 bits per heavy atom. The Kier molecular flexibility index (Phi) is 7.65. The number of hydrogen-bond acceptors (Lipinski definition) is 7. The van der Waals surface area contributed by atoms with Crippen LogP contribution >= 0.6 is 0 Å². The van der Waals surface area contributed by atoms with Crippen molar-refractivity contribution in [3.63, 3.8) is 0 Å². The molecule has 4 rings (SSSR count). The van der Waals surface area contributed by atoms with Crippen molar-refractivity contribution >= 4 is 11.9 Å². The number of methoxy groups -OCH3 is 2. The number of amides is 1. The lowest BCUT2D eigenvalue weighted by Gasteiger charge is -2.37. The Balaban J connectivity index is 1.22. The predicted octanol–water partition coefficient (Wildman–Crippen LogP) is 2.77. The van der Waals surface area contributed by atoms with Crippen molar-refractivity contribution in [2.45, 2.75) is 38.6 Å². The molecule has 33 heavy (non-hydrogen) atoms. The third kappa shape index (κ3) is 6.13. The first-order valence-corrected chi connectivity index (χ1v) is 11.8. The maximum Gasteiger partial charge on any atom is 0.225 e. The van der Waals surface area contributed by atoms with Crippen LogP contribution in [0.25, 0.3) is 0 Å². The molecule has 1 aromatic heterocycles. The quantitative estimate of drug-likeness (QED) is 0.689. The van der Waals surface area contributed by atoms with E-state index in [-0.39, 0.29) is 5.92 Å². The molecule has 0 atom stereocenters. The Morgan fingerprint density at radius 2 is 1.55 bits per heavy atom. The first-order chi connectivity index (χ1) is 16.0. The van der Waals surface area contributed by atoms with Gasteiger partial charge < -0.3 is 20.1 Å². The van der Waals surface area contributed by atoms with Gasteiger partial charge in [-0.3, -0.25) is 9.69 Å². The van der Waals surface area contributed by atoms with Gasteiger partial charge in [-0.1, -0.05) is 0 Å². The van der Waals surface area contributed by atoms with E-state index >= 15 is 0 Å². The number of carbonyl (C=O) groups excluding carboxylic acids is 1. The van der Waals surface area contributed by atoms with Crippen LogP contribution in [0.5, 0.6) is 11.5 Å². The summed E-state index contributed by atoms with van der Waals surface area (Å²) in [6, 6.07) is 6.08. The van der Waals surface area contributed by atoms with E-state index < -0.39 is 0 Å². The van der Waals surface area contributed by atoms with Crippen LogP contribution in [0, 0.1) is 11.8 Å². The maximum atomic E-state index is 13.1. The van der Waals surface area contributed by atoms with Crippen LogP contribution in [0.4, 0.5) is 5.95 Å². The summed E-state index contributed by atoms with van der Waals surface area (Å²) in [6.45, 7) is 4.37. The summed E-state index contributed by atoms with van der Waals surface area (Å²) in [5.41, 5.74) is 7.86. The lowest BCUT2D eigenvalue weighted by molar-refractivity contribution is -0.138. The van der Waals surface area contributed by atoms with E-state index in [2.05, 4.69) is 31.9 Å². The lowest BCUT2D eigenvalue weighted by Crippen LogP contribution is -2.45. The number of anilines is 1. The van der Waals surface area contributed by atoms with Crippen LogP contribution in [-0.2, 0) is 17.8 Å². The number of piperidine rings is 2. The van der Waals surface area contributed by atoms with Crippen molar-refractivity contribution in [3.05, 3.63) is 41.7 Å². The highest BCUT2D eigenvalue weighted by Crippen LogP contribution is 2.29. The highest BCUT2D eigenvalue weighted by molar-refractivity contribution is 5.79. The van der Waals surface area contributed by atoms with Crippen LogP contribution in [0.2, 0.25) is 0 Å². The number of likely N-dealkylation sites (tertiary alicyclic amines) is 2. The molecule has 8 heteroatoms. The zero-order valence-corrected chi connectivity index (χ0v) is 19.7. The van der Waals surface area contributed by atoms with Crippen molar-refractivity contribution in [1.82, 2.24) is 19.8 Å². The van der Waals surface area contributed by atoms with Crippen LogP contribution < -0.4 is 15.2 Å². The molecule has 1 aromatic carbocycles. The third-order valence-electron chi connectivity index (χ3n) is 6.93. The van der Waals surface area contributed by atoms with Crippen molar-refractivity contribution in [2.24, 2.45) is 11.8 Å². The smallest absolute Gasteiger partial charge is 0.225 e. The molecule has 0 radical (unpaired) electrons. The molecule has 2 fully saturated rings. The summed E-state index contributed by atoms with van der Waals surface area (Å²) in [5, 5.41) is 0. The van der Waals surface area contributed by atoms with Crippen molar-refractivity contribution in [1.29, 1.82) is 0 Å². The number of ether oxygens (including phenoxy) is 2. The molecule has 0 aliphatic carbocycles. The first kappa shape index (κ1) is 23.3. The summed E-state index contributed by atoms with van der Waals surface area (Å²) in [4.78, 5) is 25.7. The zero-order chi connectivity index (χ0) is 23.2. The van der Waals surface area contributed by atoms with Crippen LogP contribution in [-0.4, -0.2) is 66.1 Å². The van der Waals surface area contributed by atoms with E-state index in [0.29, 0.717) is 17.8 Å². The normalized spacial score (nSPS) is 18.3. The van der Waals surface area contributed by atoms with Crippen LogP contribution in [0.1, 0.15) is 36.8 Å². The van der Waals surface area contributed by atoms with E-state index in [1.54, 1.807) is 26.6 Å². The SMILES string of the molecule is COc1cc(CC2CCN(C(=O)C3CCN(Cc4cnc(N)nc4)CC3)CC2)cc(OC)c1. The molecule has 0 unspecified atom stereocenters. The number of rotatable bonds is 7. The number of nitrogens with two attached hydrogens (primary N) is 1. The fraction of sp³-hybridized carbons (Fsp3) is 0.560. The molecule has 0 spiro atoms. The fourth-order valence-electron chi connectivity index (χ4n) is 4.98. The van der Waals surface area contributed by atoms with Crippen LogP contribution in [0.15, 0.2) is 30.6 Å². The standard InChI is InChI=1S/C25H35N5O3/c1-32-22-12-19(13-23(14-22)33-2)11-18-3-9-30(10-4-18)24(31)21-5-7-29(8-6-21)17-20-15-27-25(26)28-16-20/h12-16,18,21H,3-11,17H2,1-2H3,(H2,26,27,28). The monoisotopic (exact) mass is 453 g/mol. The van der Waals surface area contributed by atoms with Crippen molar-refractivity contribution in [3.8, 4) is 11.5 Å². The molecule has 8 nitrogen and oxygen atoms in total. The van der Waals surface area contributed by atoms with Gasteiger partial charge in [-0.15, -0.1) is 0 Å². The summed E-state index contributed by atoms with van der Waals surface area (Å²) in [7, 11) is 3.36. The lowest BCUT2D eigenvalue weighted by atomic mass is 9.88. The minimum atomic E-state index is 0.142. The Labute approximate surface area is 196 Å². The summed E-state index contributed by atoms with van der Waals surface area (Å²) < 4.78 is 10.8. The largest absolute Gasteiger partial charge is 0.497 e. The van der Waals surface area contributed by atoms with Crippen molar-refractivity contribution in [2.75, 3.05) is 46.1 Å². The van der Waals surface area contributed by atoms with E-state index in [9.17, 15) is 4.79 Å². The highest BCUT2D eigenvalue weighted by Gasteiger charge is 2.31. The fourth-order valence-corrected chi connectivity index (χ4v) is 4.98. The van der Waals surface area contributed by atoms with Gasteiger partial charge in [-0.2, -0.15) is 0 Å². The zero-order valence-electron chi connectivity index (χ0n) is 19.7. The second kappa shape index (κ2) is 10.8. The molecule has 1 amide bonds. The second-order valence-electron chi connectivity index (χ2n) is 9.19. The van der Waals surface area contributed by atoms with Gasteiger partial charge in [-0.25, -0.2) is 9.97 Å². The average Bonchev–Trinajstić information content (AvgIpc) is 2.85. The van der Waals surface area contributed by atoms with E-state index in [1.165, 1.54) is 5.56 Å². The maximum absolute atomic E-state index is 13.1. The molecule has 0 saturated carbocycles. The molecule has 2 N–H and O–H groups in total. The Morgan fingerprint density at radius 1 is 0.939 bits per heavy atom. The molecule has 3 heterocycles. The van der Waals surface area contributed by atoms with Gasteiger partial charge in [0.2, 0.25) is 11.9 Å². The number of aromatic nitrogens is 2. The summed E-state index contributed by atoms with van der Waals surface area (Å²) in [5.74, 6) is 3.01. The molecule has 0 bridgehead atoms. The molecular formula is C25H35N5O3. The third-order valence-corrected chi connectivity index (χ3v) is 6.93. The Hall–Kier alpha value is -2.87. The highest BCUT2D eigenvalue weighted by atomic mass is 16.5. The minimum Gasteiger partial charge on any atom is -0.497 e. The molecule has 2 aliphatic rings. The van der Waals surface area contributed by atoms with Gasteiger partial charge in [0.25, 0.3) is 0 Å². The minimum absolute atomic E-state index is 0.142. The summed E-state index contributed by atoms with van der Waals surface area (Å²) >= 11 is 0. The van der Waals surface area contributed by atoms with Gasteiger partial charge in [0.15, 0.2) is 0 Å². The molecular weight excluding hydrogens is 418 g/mol. The second-order valence-corrected chi connectivity index (χ2v) is 9.19. The number of benzene rings is 1. The van der Waals surface area contributed by atoms with E-state index in [4.69, 9.17) is 15.2 Å². The summed E-state index contributed by atoms with van der Waals surface area (Å²) in [6.07, 6.45) is 8.47. The number of nitrogens with zero attached hydrogens (tertiary/aromatic N) is 4. The van der Waals surface area contributed by atoms with Gasteiger partial charge in [0.1, 0.15) is 11.5 Å². The Bertz CT molecular complexity index is 898. The average molecular weight is 454 g/mol. The number of nitrogen functional groups attached to an aromatic ring is 1. The van der Waals surface area contributed by atoms with Crippen molar-refractivity contribution < 1.29 is 14.3 Å². The molecule has 2 aromatic rings.